The lowest BCUT2D eigenvalue weighted by Gasteiger charge is -2.18. The van der Waals surface area contributed by atoms with Gasteiger partial charge in [0.2, 0.25) is 0 Å². The van der Waals surface area contributed by atoms with Gasteiger partial charge in [-0.1, -0.05) is 35.9 Å². The fraction of sp³-hybridized carbons (Fsp3) is 0.143. The fourth-order valence-electron chi connectivity index (χ4n) is 1.98. The largest absolute Gasteiger partial charge is 0.271 e. The molecule has 1 atom stereocenters. The molecule has 0 saturated heterocycles. The molecule has 3 N–H and O–H groups in total. The summed E-state index contributed by atoms with van der Waals surface area (Å²) < 4.78 is 40.0. The van der Waals surface area contributed by atoms with E-state index in [2.05, 4.69) is 5.43 Å². The Kier molecular flexibility index (Phi) is 3.87. The second-order valence-corrected chi connectivity index (χ2v) is 4.28. The van der Waals surface area contributed by atoms with Gasteiger partial charge in [0.05, 0.1) is 6.04 Å². The Bertz CT molecular complexity index is 599. The van der Waals surface area contributed by atoms with Gasteiger partial charge in [0, 0.05) is 5.56 Å². The van der Waals surface area contributed by atoms with Crippen LogP contribution in [0.2, 0.25) is 0 Å². The highest BCUT2D eigenvalue weighted by Crippen LogP contribution is 2.26. The van der Waals surface area contributed by atoms with Crippen LogP contribution in [0.5, 0.6) is 0 Å². The molecule has 2 aromatic rings. The molecule has 0 aromatic heterocycles. The second kappa shape index (κ2) is 5.42. The average molecular weight is 266 g/mol. The van der Waals surface area contributed by atoms with Crippen molar-refractivity contribution in [3.63, 3.8) is 0 Å². The van der Waals surface area contributed by atoms with E-state index in [0.717, 1.165) is 11.6 Å². The lowest BCUT2D eigenvalue weighted by molar-refractivity contribution is 0.433. The molecule has 2 aromatic carbocycles. The van der Waals surface area contributed by atoms with Gasteiger partial charge in [-0.15, -0.1) is 0 Å². The topological polar surface area (TPSA) is 38.0 Å². The average Bonchev–Trinajstić information content (AvgIpc) is 2.40. The normalized spacial score (nSPS) is 12.5. The number of nitrogens with one attached hydrogen (secondary N) is 1. The third-order valence-electron chi connectivity index (χ3n) is 2.92. The van der Waals surface area contributed by atoms with Gasteiger partial charge in [-0.25, -0.2) is 18.6 Å². The van der Waals surface area contributed by atoms with Crippen molar-refractivity contribution in [2.24, 2.45) is 5.84 Å². The van der Waals surface area contributed by atoms with Crippen molar-refractivity contribution >= 4 is 0 Å². The van der Waals surface area contributed by atoms with Crippen LogP contribution in [0.25, 0.3) is 0 Å². The number of hydrazine groups is 1. The Morgan fingerprint density at radius 1 is 1.05 bits per heavy atom. The van der Waals surface area contributed by atoms with E-state index in [0.29, 0.717) is 5.56 Å². The van der Waals surface area contributed by atoms with Crippen molar-refractivity contribution < 1.29 is 13.2 Å². The molecular formula is C14H13F3N2. The number of benzene rings is 2. The highest BCUT2D eigenvalue weighted by Gasteiger charge is 2.21. The molecule has 0 bridgehead atoms. The first kappa shape index (κ1) is 13.6. The second-order valence-electron chi connectivity index (χ2n) is 4.28. The lowest BCUT2D eigenvalue weighted by atomic mass is 9.97. The summed E-state index contributed by atoms with van der Waals surface area (Å²) in [5, 5.41) is 0. The van der Waals surface area contributed by atoms with Crippen molar-refractivity contribution in [2.45, 2.75) is 13.0 Å². The Labute approximate surface area is 109 Å². The zero-order valence-corrected chi connectivity index (χ0v) is 10.3. The lowest BCUT2D eigenvalue weighted by Crippen LogP contribution is -2.30. The van der Waals surface area contributed by atoms with Crippen LogP contribution in [-0.4, -0.2) is 0 Å². The van der Waals surface area contributed by atoms with Crippen molar-refractivity contribution in [2.75, 3.05) is 0 Å². The molecule has 2 nitrogen and oxygen atoms in total. The Hall–Kier alpha value is -1.85. The standard InChI is InChI=1S/C14H13F3N2/c1-8-3-2-4-9(7-8)14(19-18)10-5-6-11(15)13(17)12(10)16/h2-7,14,19H,18H2,1H3. The molecule has 0 aliphatic carbocycles. The van der Waals surface area contributed by atoms with E-state index in [1.165, 1.54) is 6.07 Å². The molecule has 1 unspecified atom stereocenters. The zero-order chi connectivity index (χ0) is 14.0. The smallest absolute Gasteiger partial charge is 0.194 e. The monoisotopic (exact) mass is 266 g/mol. The molecule has 0 saturated carbocycles. The fourth-order valence-corrected chi connectivity index (χ4v) is 1.98. The molecular weight excluding hydrogens is 253 g/mol. The van der Waals surface area contributed by atoms with Crippen molar-refractivity contribution in [1.82, 2.24) is 5.43 Å². The van der Waals surface area contributed by atoms with Gasteiger partial charge in [-0.05, 0) is 18.6 Å². The molecule has 0 spiro atoms. The summed E-state index contributed by atoms with van der Waals surface area (Å²) in [6.45, 7) is 1.87. The van der Waals surface area contributed by atoms with Crippen LogP contribution in [-0.2, 0) is 0 Å². The molecule has 19 heavy (non-hydrogen) atoms. The quantitative estimate of drug-likeness (QED) is 0.509. The molecule has 0 amide bonds. The van der Waals surface area contributed by atoms with Crippen LogP contribution in [0.4, 0.5) is 13.2 Å². The molecule has 100 valence electrons. The van der Waals surface area contributed by atoms with Crippen LogP contribution < -0.4 is 11.3 Å². The van der Waals surface area contributed by atoms with Gasteiger partial charge in [0.25, 0.3) is 0 Å². The highest BCUT2D eigenvalue weighted by atomic mass is 19.2. The van der Waals surface area contributed by atoms with Gasteiger partial charge in [-0.3, -0.25) is 5.84 Å². The molecule has 0 fully saturated rings. The zero-order valence-electron chi connectivity index (χ0n) is 10.3. The predicted molar refractivity (Wildman–Crippen MR) is 66.7 cm³/mol. The minimum absolute atomic E-state index is 0.0352. The third kappa shape index (κ3) is 2.62. The summed E-state index contributed by atoms with van der Waals surface area (Å²) >= 11 is 0. The molecule has 2 rings (SSSR count). The van der Waals surface area contributed by atoms with Crippen molar-refractivity contribution in [3.05, 3.63) is 70.5 Å². The van der Waals surface area contributed by atoms with E-state index < -0.39 is 23.5 Å². The van der Waals surface area contributed by atoms with Gasteiger partial charge in [0.1, 0.15) is 0 Å². The first-order chi connectivity index (χ1) is 9.04. The number of halogens is 3. The Morgan fingerprint density at radius 2 is 1.79 bits per heavy atom. The maximum absolute atomic E-state index is 13.8. The first-order valence-electron chi connectivity index (χ1n) is 5.70. The van der Waals surface area contributed by atoms with Crippen molar-refractivity contribution in [1.29, 1.82) is 0 Å². The van der Waals surface area contributed by atoms with E-state index >= 15 is 0 Å². The molecule has 0 aliphatic rings. The van der Waals surface area contributed by atoms with Gasteiger partial charge < -0.3 is 0 Å². The molecule has 0 radical (unpaired) electrons. The van der Waals surface area contributed by atoms with Crippen LogP contribution in [0.15, 0.2) is 36.4 Å². The SMILES string of the molecule is Cc1cccc(C(NN)c2ccc(F)c(F)c2F)c1. The first-order valence-corrected chi connectivity index (χ1v) is 5.70. The minimum atomic E-state index is -1.49. The van der Waals surface area contributed by atoms with E-state index in [1.54, 1.807) is 18.2 Å². The Morgan fingerprint density at radius 3 is 2.42 bits per heavy atom. The molecule has 0 aliphatic heterocycles. The van der Waals surface area contributed by atoms with E-state index in [9.17, 15) is 13.2 Å². The van der Waals surface area contributed by atoms with Gasteiger partial charge >= 0.3 is 0 Å². The van der Waals surface area contributed by atoms with E-state index in [-0.39, 0.29) is 5.56 Å². The number of aryl methyl sites for hydroxylation is 1. The summed E-state index contributed by atoms with van der Waals surface area (Å²) in [5.74, 6) is 1.46. The Balaban J connectivity index is 2.51. The highest BCUT2D eigenvalue weighted by molar-refractivity contribution is 5.35. The summed E-state index contributed by atoms with van der Waals surface area (Å²) in [6, 6.07) is 8.51. The summed E-state index contributed by atoms with van der Waals surface area (Å²) in [4.78, 5) is 0. The molecule has 5 heteroatoms. The molecule has 0 heterocycles. The third-order valence-corrected chi connectivity index (χ3v) is 2.92. The number of nitrogens with two attached hydrogens (primary N) is 1. The number of hydrogen-bond donors (Lipinski definition) is 2. The van der Waals surface area contributed by atoms with Gasteiger partial charge in [0.15, 0.2) is 17.5 Å². The van der Waals surface area contributed by atoms with Gasteiger partial charge in [-0.2, -0.15) is 0 Å². The van der Waals surface area contributed by atoms with Crippen LogP contribution in [0.3, 0.4) is 0 Å². The van der Waals surface area contributed by atoms with Crippen molar-refractivity contribution in [3.8, 4) is 0 Å². The number of hydrogen-bond acceptors (Lipinski definition) is 2. The van der Waals surface area contributed by atoms with Crippen LogP contribution >= 0.6 is 0 Å². The predicted octanol–water partition coefficient (Wildman–Crippen LogP) is 2.97. The van der Waals surface area contributed by atoms with Crippen LogP contribution in [0, 0.1) is 24.4 Å². The summed E-state index contributed by atoms with van der Waals surface area (Å²) in [6.07, 6.45) is 0. The summed E-state index contributed by atoms with van der Waals surface area (Å²) in [5.41, 5.74) is 4.02. The summed E-state index contributed by atoms with van der Waals surface area (Å²) in [7, 11) is 0. The minimum Gasteiger partial charge on any atom is -0.271 e. The maximum atomic E-state index is 13.8. The van der Waals surface area contributed by atoms with E-state index in [1.807, 2.05) is 13.0 Å². The van der Waals surface area contributed by atoms with Crippen LogP contribution in [0.1, 0.15) is 22.7 Å². The maximum Gasteiger partial charge on any atom is 0.194 e. The van der Waals surface area contributed by atoms with E-state index in [4.69, 9.17) is 5.84 Å². The number of rotatable bonds is 3.